The van der Waals surface area contributed by atoms with Gasteiger partial charge in [0.15, 0.2) is 0 Å². The minimum absolute atomic E-state index is 0.780. The van der Waals surface area contributed by atoms with Crippen molar-refractivity contribution >= 4 is 21.6 Å². The van der Waals surface area contributed by atoms with Crippen molar-refractivity contribution in [1.29, 1.82) is 0 Å². The van der Waals surface area contributed by atoms with Crippen LogP contribution in [0.5, 0.6) is 5.75 Å². The second-order valence-corrected chi connectivity index (χ2v) is 5.40. The summed E-state index contributed by atoms with van der Waals surface area (Å²) in [5.74, 6) is 0.935. The van der Waals surface area contributed by atoms with E-state index >= 15 is 0 Å². The smallest absolute Gasteiger partial charge is 0.119 e. The van der Waals surface area contributed by atoms with Crippen LogP contribution >= 0.6 is 15.9 Å². The van der Waals surface area contributed by atoms with E-state index in [9.17, 15) is 0 Å². The summed E-state index contributed by atoms with van der Waals surface area (Å²) in [6.07, 6.45) is 2.23. The Kier molecular flexibility index (Phi) is 6.45. The molecule has 0 saturated carbocycles. The predicted octanol–water partition coefficient (Wildman–Crippen LogP) is 4.85. The third kappa shape index (κ3) is 5.25. The van der Waals surface area contributed by atoms with E-state index in [2.05, 4.69) is 57.6 Å². The van der Waals surface area contributed by atoms with Crippen LogP contribution in [-0.2, 0) is 6.54 Å². The number of rotatable bonds is 8. The molecule has 0 fully saturated rings. The monoisotopic (exact) mass is 333 g/mol. The first kappa shape index (κ1) is 14.9. The fraction of sp³-hybridized carbons (Fsp3) is 0.294. The van der Waals surface area contributed by atoms with Crippen LogP contribution in [0.3, 0.4) is 0 Å². The second-order valence-electron chi connectivity index (χ2n) is 4.61. The Bertz CT molecular complexity index is 484. The molecule has 0 radical (unpaired) electrons. The molecule has 106 valence electrons. The van der Waals surface area contributed by atoms with Gasteiger partial charge in [-0.2, -0.15) is 0 Å². The van der Waals surface area contributed by atoms with E-state index in [0.29, 0.717) is 0 Å². The minimum atomic E-state index is 0.780. The average Bonchev–Trinajstić information content (AvgIpc) is 2.52. The first-order valence-electron chi connectivity index (χ1n) is 6.95. The molecule has 0 unspecified atom stereocenters. The third-order valence-electron chi connectivity index (χ3n) is 2.99. The van der Waals surface area contributed by atoms with Gasteiger partial charge in [0.25, 0.3) is 0 Å². The van der Waals surface area contributed by atoms with Crippen molar-refractivity contribution in [3.05, 3.63) is 60.2 Å². The molecule has 20 heavy (non-hydrogen) atoms. The quantitative estimate of drug-likeness (QED) is 0.550. The van der Waals surface area contributed by atoms with E-state index in [1.165, 1.54) is 5.56 Å². The van der Waals surface area contributed by atoms with Crippen molar-refractivity contribution < 1.29 is 4.74 Å². The van der Waals surface area contributed by atoms with Crippen LogP contribution in [0, 0.1) is 0 Å². The molecule has 0 saturated heterocycles. The first-order valence-corrected chi connectivity index (χ1v) is 8.07. The maximum Gasteiger partial charge on any atom is 0.119 e. The molecule has 3 heteroatoms. The van der Waals surface area contributed by atoms with E-state index in [1.807, 2.05) is 18.2 Å². The molecule has 2 nitrogen and oxygen atoms in total. The topological polar surface area (TPSA) is 21.3 Å². The summed E-state index contributed by atoms with van der Waals surface area (Å²) >= 11 is 3.42. The van der Waals surface area contributed by atoms with E-state index in [4.69, 9.17) is 4.74 Å². The van der Waals surface area contributed by atoms with Gasteiger partial charge in [-0.05, 0) is 42.7 Å². The van der Waals surface area contributed by atoms with Crippen LogP contribution in [0.4, 0.5) is 5.69 Å². The van der Waals surface area contributed by atoms with Crippen molar-refractivity contribution in [3.8, 4) is 5.75 Å². The third-order valence-corrected chi connectivity index (χ3v) is 3.55. The molecule has 0 atom stereocenters. The molecule has 0 bridgehead atoms. The van der Waals surface area contributed by atoms with E-state index in [0.717, 1.165) is 42.8 Å². The van der Waals surface area contributed by atoms with Crippen molar-refractivity contribution in [2.45, 2.75) is 19.4 Å². The largest absolute Gasteiger partial charge is 0.494 e. The number of alkyl halides is 1. The van der Waals surface area contributed by atoms with Gasteiger partial charge in [-0.15, -0.1) is 0 Å². The van der Waals surface area contributed by atoms with Gasteiger partial charge < -0.3 is 10.1 Å². The molecule has 2 aromatic carbocycles. The van der Waals surface area contributed by atoms with Gasteiger partial charge in [0.1, 0.15) is 5.75 Å². The van der Waals surface area contributed by atoms with Crippen LogP contribution in [0.2, 0.25) is 0 Å². The molecular formula is C17H20BrNO. The number of halogens is 1. The van der Waals surface area contributed by atoms with E-state index in [1.54, 1.807) is 0 Å². The normalized spacial score (nSPS) is 10.2. The maximum absolute atomic E-state index is 5.68. The molecule has 1 N–H and O–H groups in total. The number of benzene rings is 2. The molecule has 0 spiro atoms. The Morgan fingerprint density at radius 2 is 1.65 bits per heavy atom. The Balaban J connectivity index is 1.76. The fourth-order valence-corrected chi connectivity index (χ4v) is 2.25. The highest BCUT2D eigenvalue weighted by atomic mass is 79.9. The highest BCUT2D eigenvalue weighted by Crippen LogP contribution is 2.16. The Labute approximate surface area is 129 Å². The van der Waals surface area contributed by atoms with Gasteiger partial charge in [0, 0.05) is 17.6 Å². The maximum atomic E-state index is 5.68. The van der Waals surface area contributed by atoms with Gasteiger partial charge in [0.2, 0.25) is 0 Å². The van der Waals surface area contributed by atoms with Crippen LogP contribution in [-0.4, -0.2) is 11.9 Å². The van der Waals surface area contributed by atoms with Crippen molar-refractivity contribution in [2.24, 2.45) is 0 Å². The number of unbranched alkanes of at least 4 members (excludes halogenated alkanes) is 1. The van der Waals surface area contributed by atoms with Gasteiger partial charge >= 0.3 is 0 Å². The summed E-state index contributed by atoms with van der Waals surface area (Å²) in [6.45, 7) is 1.62. The van der Waals surface area contributed by atoms with Gasteiger partial charge in [0.05, 0.1) is 6.61 Å². The zero-order chi connectivity index (χ0) is 14.0. The lowest BCUT2D eigenvalue weighted by molar-refractivity contribution is 0.310. The molecule has 0 aliphatic rings. The SMILES string of the molecule is BrCCCCOc1ccc(NCc2ccccc2)cc1. The number of hydrogen-bond acceptors (Lipinski definition) is 2. The van der Waals surface area contributed by atoms with Crippen LogP contribution < -0.4 is 10.1 Å². The summed E-state index contributed by atoms with van der Waals surface area (Å²) in [5.41, 5.74) is 2.39. The summed E-state index contributed by atoms with van der Waals surface area (Å²) in [6, 6.07) is 18.5. The van der Waals surface area contributed by atoms with Crippen molar-refractivity contribution in [2.75, 3.05) is 17.3 Å². The summed E-state index contributed by atoms with van der Waals surface area (Å²) in [4.78, 5) is 0. The Hall–Kier alpha value is -1.48. The molecule has 2 rings (SSSR count). The Morgan fingerprint density at radius 3 is 2.35 bits per heavy atom. The molecular weight excluding hydrogens is 314 g/mol. The number of nitrogens with one attached hydrogen (secondary N) is 1. The molecule has 2 aromatic rings. The highest BCUT2D eigenvalue weighted by Gasteiger charge is 1.96. The van der Waals surface area contributed by atoms with Crippen LogP contribution in [0.1, 0.15) is 18.4 Å². The second kappa shape index (κ2) is 8.64. The number of ether oxygens (including phenoxy) is 1. The van der Waals surface area contributed by atoms with E-state index < -0.39 is 0 Å². The molecule has 0 amide bonds. The lowest BCUT2D eigenvalue weighted by atomic mass is 10.2. The summed E-state index contributed by atoms with van der Waals surface area (Å²) < 4.78 is 5.68. The lowest BCUT2D eigenvalue weighted by Gasteiger charge is -2.09. The highest BCUT2D eigenvalue weighted by molar-refractivity contribution is 9.09. The van der Waals surface area contributed by atoms with Crippen molar-refractivity contribution in [1.82, 2.24) is 0 Å². The first-order chi connectivity index (χ1) is 9.88. The summed E-state index contributed by atoms with van der Waals surface area (Å²) in [7, 11) is 0. The fourth-order valence-electron chi connectivity index (χ4n) is 1.86. The van der Waals surface area contributed by atoms with Gasteiger partial charge in [-0.1, -0.05) is 46.3 Å². The lowest BCUT2D eigenvalue weighted by Crippen LogP contribution is -2.00. The van der Waals surface area contributed by atoms with Crippen LogP contribution in [0.25, 0.3) is 0 Å². The number of anilines is 1. The van der Waals surface area contributed by atoms with Gasteiger partial charge in [-0.25, -0.2) is 0 Å². The molecule has 0 heterocycles. The minimum Gasteiger partial charge on any atom is -0.494 e. The standard InChI is InChI=1S/C17H20BrNO/c18-12-4-5-13-20-17-10-8-16(9-11-17)19-14-15-6-2-1-3-7-15/h1-3,6-11,19H,4-5,12-14H2. The van der Waals surface area contributed by atoms with Crippen molar-refractivity contribution in [3.63, 3.8) is 0 Å². The predicted molar refractivity (Wildman–Crippen MR) is 88.7 cm³/mol. The molecule has 0 aliphatic carbocycles. The zero-order valence-electron chi connectivity index (χ0n) is 11.5. The average molecular weight is 334 g/mol. The van der Waals surface area contributed by atoms with Crippen LogP contribution in [0.15, 0.2) is 54.6 Å². The zero-order valence-corrected chi connectivity index (χ0v) is 13.1. The van der Waals surface area contributed by atoms with Gasteiger partial charge in [-0.3, -0.25) is 0 Å². The summed E-state index contributed by atoms with van der Waals surface area (Å²) in [5, 5.41) is 4.44. The van der Waals surface area contributed by atoms with E-state index in [-0.39, 0.29) is 0 Å². The number of hydrogen-bond donors (Lipinski definition) is 1. The molecule has 0 aromatic heterocycles. The molecule has 0 aliphatic heterocycles. The Morgan fingerprint density at radius 1 is 0.900 bits per heavy atom.